The van der Waals surface area contributed by atoms with Crippen molar-refractivity contribution in [2.45, 2.75) is 62.1 Å². The standard InChI is InChI=1S/C20H23ClN2O4S/c1-20(2,25)13-7-17(27-10-13)28(26)23-19(24)22-18-15(11-3-4-11)8-14(21)9-16(18)12-5-6-12/h7-12,25H,3-6H2,1-2H3,(H2,22,23,24). The van der Waals surface area contributed by atoms with E-state index in [1.54, 1.807) is 13.8 Å². The van der Waals surface area contributed by atoms with Crippen molar-refractivity contribution in [1.29, 1.82) is 0 Å². The monoisotopic (exact) mass is 422 g/mol. The summed E-state index contributed by atoms with van der Waals surface area (Å²) in [4.78, 5) is 12.5. The maximum Gasteiger partial charge on any atom is 0.361 e. The van der Waals surface area contributed by atoms with Gasteiger partial charge in [-0.15, -0.1) is 4.72 Å². The van der Waals surface area contributed by atoms with Crippen LogP contribution < -0.4 is 10.0 Å². The summed E-state index contributed by atoms with van der Waals surface area (Å²) in [5, 5.41) is 13.6. The van der Waals surface area contributed by atoms with Crippen LogP contribution >= 0.6 is 11.6 Å². The van der Waals surface area contributed by atoms with Gasteiger partial charge in [0.15, 0.2) is 0 Å². The van der Waals surface area contributed by atoms with Gasteiger partial charge in [-0.05, 0) is 74.6 Å². The highest BCUT2D eigenvalue weighted by Gasteiger charge is 2.34. The van der Waals surface area contributed by atoms with Crippen LogP contribution in [-0.2, 0) is 17.0 Å². The van der Waals surface area contributed by atoms with Crippen molar-refractivity contribution in [3.63, 3.8) is 0 Å². The molecule has 1 aromatic carbocycles. The summed E-state index contributed by atoms with van der Waals surface area (Å²) in [5.41, 5.74) is 2.27. The number of rotatable bonds is 6. The predicted molar refractivity (Wildman–Crippen MR) is 108 cm³/mol. The molecule has 0 radical (unpaired) electrons. The predicted octanol–water partition coefficient (Wildman–Crippen LogP) is 4.76. The molecule has 4 rings (SSSR count). The summed E-state index contributed by atoms with van der Waals surface area (Å²) in [6, 6.07) is 4.74. The summed E-state index contributed by atoms with van der Waals surface area (Å²) in [6.07, 6.45) is 5.66. The van der Waals surface area contributed by atoms with Crippen molar-refractivity contribution in [3.8, 4) is 0 Å². The maximum absolute atomic E-state index is 12.5. The fraction of sp³-hybridized carbons (Fsp3) is 0.450. The molecule has 3 N–H and O–H groups in total. The Kier molecular flexibility index (Phi) is 5.12. The highest BCUT2D eigenvalue weighted by molar-refractivity contribution is 7.89. The van der Waals surface area contributed by atoms with Crippen molar-refractivity contribution in [1.82, 2.24) is 4.72 Å². The van der Waals surface area contributed by atoms with Crippen LogP contribution in [-0.4, -0.2) is 15.7 Å². The number of halogens is 1. The third-order valence-electron chi connectivity index (χ3n) is 5.09. The average molecular weight is 423 g/mol. The largest absolute Gasteiger partial charge is 0.585 e. The number of carbonyl (C=O) groups is 1. The number of carbonyl (C=O) groups excluding carboxylic acids is 1. The molecule has 1 unspecified atom stereocenters. The molecule has 2 saturated carbocycles. The molecule has 1 heterocycles. The second kappa shape index (κ2) is 7.30. The average Bonchev–Trinajstić information content (AvgIpc) is 3.53. The molecule has 2 aliphatic carbocycles. The molecule has 2 aliphatic rings. The Balaban J connectivity index is 1.50. The first kappa shape index (κ1) is 19.6. The van der Waals surface area contributed by atoms with Crippen molar-refractivity contribution in [2.75, 3.05) is 5.32 Å². The van der Waals surface area contributed by atoms with Gasteiger partial charge in [0.05, 0.1) is 5.60 Å². The number of anilines is 1. The van der Waals surface area contributed by atoms with Gasteiger partial charge in [0, 0.05) is 22.3 Å². The zero-order valence-corrected chi connectivity index (χ0v) is 17.3. The molecule has 1 atom stereocenters. The Morgan fingerprint density at radius 1 is 1.21 bits per heavy atom. The molecular weight excluding hydrogens is 400 g/mol. The van der Waals surface area contributed by atoms with Crippen LogP contribution in [0.15, 0.2) is 34.0 Å². The van der Waals surface area contributed by atoms with E-state index in [1.807, 2.05) is 12.1 Å². The lowest BCUT2D eigenvalue weighted by atomic mass is 10.00. The van der Waals surface area contributed by atoms with Gasteiger partial charge in [-0.25, -0.2) is 4.79 Å². The molecule has 0 spiro atoms. The second-order valence-corrected chi connectivity index (χ2v) is 9.63. The van der Waals surface area contributed by atoms with E-state index in [9.17, 15) is 14.5 Å². The van der Waals surface area contributed by atoms with E-state index in [-0.39, 0.29) is 5.09 Å². The number of furan rings is 1. The Hall–Kier alpha value is -1.67. The normalized spacial score (nSPS) is 18.0. The number of benzene rings is 1. The second-order valence-electron chi connectivity index (χ2n) is 8.05. The summed E-state index contributed by atoms with van der Waals surface area (Å²) in [6.45, 7) is 3.20. The summed E-state index contributed by atoms with van der Waals surface area (Å²) >= 11 is 4.42. The van der Waals surface area contributed by atoms with Gasteiger partial charge in [-0.1, -0.05) is 11.6 Å². The number of nitrogens with one attached hydrogen (secondary N) is 2. The van der Waals surface area contributed by atoms with Gasteiger partial charge >= 0.3 is 11.1 Å². The smallest absolute Gasteiger partial charge is 0.361 e. The number of urea groups is 1. The molecular formula is C20H23ClN2O4S. The van der Waals surface area contributed by atoms with E-state index in [4.69, 9.17) is 16.0 Å². The van der Waals surface area contributed by atoms with Gasteiger partial charge in [-0.3, -0.25) is 0 Å². The van der Waals surface area contributed by atoms with E-state index < -0.39 is 23.0 Å². The molecule has 150 valence electrons. The van der Waals surface area contributed by atoms with Gasteiger partial charge in [0.1, 0.15) is 17.6 Å². The molecule has 1 aromatic heterocycles. The first-order valence-corrected chi connectivity index (χ1v) is 10.9. The Bertz CT molecular complexity index is 867. The van der Waals surface area contributed by atoms with E-state index in [0.29, 0.717) is 22.4 Å². The third-order valence-corrected chi connectivity index (χ3v) is 6.26. The van der Waals surface area contributed by atoms with Crippen LogP contribution in [0.4, 0.5) is 10.5 Å². The Morgan fingerprint density at radius 2 is 1.79 bits per heavy atom. The quantitative estimate of drug-likeness (QED) is 0.584. The number of hydrogen-bond donors (Lipinski definition) is 3. The fourth-order valence-electron chi connectivity index (χ4n) is 3.23. The topological polar surface area (TPSA) is 97.6 Å². The van der Waals surface area contributed by atoms with E-state index in [0.717, 1.165) is 42.5 Å². The van der Waals surface area contributed by atoms with Crippen molar-refractivity contribution >= 4 is 34.7 Å². The molecule has 2 fully saturated rings. The molecule has 0 saturated heterocycles. The molecule has 2 aromatic rings. The first-order chi connectivity index (χ1) is 13.2. The van der Waals surface area contributed by atoms with Crippen LogP contribution in [0.1, 0.15) is 68.1 Å². The lowest BCUT2D eigenvalue weighted by Crippen LogP contribution is -2.34. The zero-order valence-electron chi connectivity index (χ0n) is 15.8. The van der Waals surface area contributed by atoms with Gasteiger partial charge in [-0.2, -0.15) is 0 Å². The number of aliphatic hydroxyl groups is 1. The minimum Gasteiger partial charge on any atom is -0.585 e. The Morgan fingerprint density at radius 3 is 2.25 bits per heavy atom. The molecule has 8 heteroatoms. The van der Waals surface area contributed by atoms with Gasteiger partial charge < -0.3 is 19.4 Å². The lowest BCUT2D eigenvalue weighted by molar-refractivity contribution is 0.0779. The van der Waals surface area contributed by atoms with Gasteiger partial charge in [0.2, 0.25) is 0 Å². The first-order valence-electron chi connectivity index (χ1n) is 9.36. The van der Waals surface area contributed by atoms with Crippen LogP contribution in [0.3, 0.4) is 0 Å². The maximum atomic E-state index is 12.5. The third kappa shape index (κ3) is 4.33. The van der Waals surface area contributed by atoms with E-state index in [2.05, 4.69) is 10.0 Å². The summed E-state index contributed by atoms with van der Waals surface area (Å²) in [5.74, 6) is 0.827. The molecule has 0 bridgehead atoms. The number of hydrogen-bond acceptors (Lipinski definition) is 4. The number of amides is 2. The van der Waals surface area contributed by atoms with E-state index >= 15 is 0 Å². The molecule has 6 nitrogen and oxygen atoms in total. The minimum absolute atomic E-state index is 0.0770. The van der Waals surface area contributed by atoms with Crippen molar-refractivity contribution in [3.05, 3.63) is 46.2 Å². The van der Waals surface area contributed by atoms with Crippen LogP contribution in [0.25, 0.3) is 0 Å². The van der Waals surface area contributed by atoms with Crippen LogP contribution in [0.5, 0.6) is 0 Å². The molecule has 0 aliphatic heterocycles. The van der Waals surface area contributed by atoms with Crippen molar-refractivity contribution in [2.24, 2.45) is 0 Å². The lowest BCUT2D eigenvalue weighted by Gasteiger charge is -2.17. The zero-order chi connectivity index (χ0) is 20.1. The molecule has 2 amide bonds. The SMILES string of the molecule is CC(C)(O)c1coc([S+]([O-])NC(=O)Nc2c(C3CC3)cc(Cl)cc2C2CC2)c1. The van der Waals surface area contributed by atoms with Crippen LogP contribution in [0, 0.1) is 0 Å². The minimum atomic E-state index is -1.87. The summed E-state index contributed by atoms with van der Waals surface area (Å²) in [7, 11) is 0. The van der Waals surface area contributed by atoms with Gasteiger partial charge in [0.25, 0.3) is 0 Å². The fourth-order valence-corrected chi connectivity index (χ4v) is 4.16. The van der Waals surface area contributed by atoms with E-state index in [1.165, 1.54) is 12.3 Å². The highest BCUT2D eigenvalue weighted by Crippen LogP contribution is 2.51. The summed E-state index contributed by atoms with van der Waals surface area (Å²) < 4.78 is 20.1. The highest BCUT2D eigenvalue weighted by atomic mass is 35.5. The molecule has 28 heavy (non-hydrogen) atoms. The van der Waals surface area contributed by atoms with Crippen LogP contribution in [0.2, 0.25) is 5.02 Å². The Labute approximate surface area is 172 Å². The van der Waals surface area contributed by atoms with Crippen molar-refractivity contribution < 1.29 is 18.9 Å².